The van der Waals surface area contributed by atoms with E-state index < -0.39 is 23.4 Å². The largest absolute Gasteiger partial charge is 0.478 e. The predicted octanol–water partition coefficient (Wildman–Crippen LogP) is 2.45. The SMILES string of the molecule is C#CCCCCNC(=O)Nc1ccc(F)c(C(=O)O)c1. The topological polar surface area (TPSA) is 78.4 Å². The summed E-state index contributed by atoms with van der Waals surface area (Å²) in [7, 11) is 0. The zero-order chi connectivity index (χ0) is 15.0. The number of amides is 2. The van der Waals surface area contributed by atoms with Crippen LogP contribution < -0.4 is 10.6 Å². The maximum Gasteiger partial charge on any atom is 0.338 e. The van der Waals surface area contributed by atoms with Crippen molar-refractivity contribution in [1.29, 1.82) is 0 Å². The third-order valence-electron chi connectivity index (χ3n) is 2.49. The van der Waals surface area contributed by atoms with E-state index in [-0.39, 0.29) is 5.69 Å². The van der Waals surface area contributed by atoms with Crippen molar-refractivity contribution in [2.24, 2.45) is 0 Å². The molecule has 20 heavy (non-hydrogen) atoms. The molecule has 0 atom stereocenters. The number of aromatic carboxylic acids is 1. The number of hydrogen-bond acceptors (Lipinski definition) is 2. The number of terminal acetylenes is 1. The molecule has 1 rings (SSSR count). The Morgan fingerprint density at radius 2 is 2.10 bits per heavy atom. The molecule has 106 valence electrons. The Balaban J connectivity index is 2.48. The highest BCUT2D eigenvalue weighted by Gasteiger charge is 2.11. The van der Waals surface area contributed by atoms with Crippen LogP contribution in [0.4, 0.5) is 14.9 Å². The maximum absolute atomic E-state index is 13.2. The zero-order valence-electron chi connectivity index (χ0n) is 10.8. The Labute approximate surface area is 116 Å². The molecular weight excluding hydrogens is 263 g/mol. The molecule has 0 spiro atoms. The number of hydrogen-bond donors (Lipinski definition) is 3. The minimum Gasteiger partial charge on any atom is -0.478 e. The van der Waals surface area contributed by atoms with Crippen molar-refractivity contribution < 1.29 is 19.1 Å². The highest BCUT2D eigenvalue weighted by atomic mass is 19.1. The zero-order valence-corrected chi connectivity index (χ0v) is 10.8. The lowest BCUT2D eigenvalue weighted by Gasteiger charge is -2.08. The minimum atomic E-state index is -1.39. The number of carboxylic acids is 1. The van der Waals surface area contributed by atoms with Crippen LogP contribution in [0.5, 0.6) is 0 Å². The van der Waals surface area contributed by atoms with Crippen LogP contribution in [-0.4, -0.2) is 23.7 Å². The van der Waals surface area contributed by atoms with E-state index in [4.69, 9.17) is 11.5 Å². The Hall–Kier alpha value is -2.55. The van der Waals surface area contributed by atoms with Crippen LogP contribution in [0.25, 0.3) is 0 Å². The Morgan fingerprint density at radius 3 is 2.75 bits per heavy atom. The van der Waals surface area contributed by atoms with Gasteiger partial charge in [0.15, 0.2) is 0 Å². The number of carbonyl (C=O) groups is 2. The van der Waals surface area contributed by atoms with Crippen molar-refractivity contribution >= 4 is 17.7 Å². The molecule has 0 radical (unpaired) electrons. The molecule has 0 saturated heterocycles. The van der Waals surface area contributed by atoms with Gasteiger partial charge in [-0.2, -0.15) is 0 Å². The first-order valence-corrected chi connectivity index (χ1v) is 6.05. The molecule has 0 aliphatic heterocycles. The van der Waals surface area contributed by atoms with E-state index in [0.717, 1.165) is 25.0 Å². The summed E-state index contributed by atoms with van der Waals surface area (Å²) in [6.07, 6.45) is 7.32. The lowest BCUT2D eigenvalue weighted by Crippen LogP contribution is -2.29. The van der Waals surface area contributed by atoms with E-state index in [9.17, 15) is 14.0 Å². The van der Waals surface area contributed by atoms with E-state index in [1.54, 1.807) is 0 Å². The van der Waals surface area contributed by atoms with Gasteiger partial charge in [-0.25, -0.2) is 14.0 Å². The van der Waals surface area contributed by atoms with Gasteiger partial charge in [0.05, 0.1) is 5.56 Å². The van der Waals surface area contributed by atoms with Crippen LogP contribution >= 0.6 is 0 Å². The normalized spacial score (nSPS) is 9.60. The Kier molecular flexibility index (Phi) is 6.04. The number of benzene rings is 1. The number of rotatable bonds is 6. The molecule has 6 heteroatoms. The third kappa shape index (κ3) is 4.98. The number of nitrogens with one attached hydrogen (secondary N) is 2. The summed E-state index contributed by atoms with van der Waals surface area (Å²) in [5.41, 5.74) is -0.276. The monoisotopic (exact) mass is 278 g/mol. The van der Waals surface area contributed by atoms with E-state index in [1.165, 1.54) is 6.07 Å². The summed E-state index contributed by atoms with van der Waals surface area (Å²) in [5, 5.41) is 13.8. The van der Waals surface area contributed by atoms with Gasteiger partial charge in [0.2, 0.25) is 0 Å². The van der Waals surface area contributed by atoms with Crippen LogP contribution in [0, 0.1) is 18.2 Å². The van der Waals surface area contributed by atoms with Crippen molar-refractivity contribution in [3.05, 3.63) is 29.6 Å². The van der Waals surface area contributed by atoms with E-state index in [0.29, 0.717) is 13.0 Å². The van der Waals surface area contributed by atoms with Gasteiger partial charge in [0.25, 0.3) is 0 Å². The van der Waals surface area contributed by atoms with Crippen LogP contribution in [0.1, 0.15) is 29.6 Å². The quantitative estimate of drug-likeness (QED) is 0.552. The minimum absolute atomic E-state index is 0.213. The predicted molar refractivity (Wildman–Crippen MR) is 73.1 cm³/mol. The van der Waals surface area contributed by atoms with E-state index >= 15 is 0 Å². The van der Waals surface area contributed by atoms with Crippen LogP contribution in [0.3, 0.4) is 0 Å². The van der Waals surface area contributed by atoms with E-state index in [1.807, 2.05) is 0 Å². The molecule has 0 unspecified atom stereocenters. The smallest absolute Gasteiger partial charge is 0.338 e. The molecule has 0 heterocycles. The van der Waals surface area contributed by atoms with Crippen LogP contribution in [0.15, 0.2) is 18.2 Å². The van der Waals surface area contributed by atoms with E-state index in [2.05, 4.69) is 16.6 Å². The lowest BCUT2D eigenvalue weighted by atomic mass is 10.2. The number of carboxylic acid groups (broad SMARTS) is 1. The van der Waals surface area contributed by atoms with Gasteiger partial charge in [0.1, 0.15) is 5.82 Å². The van der Waals surface area contributed by atoms with Crippen molar-refractivity contribution in [1.82, 2.24) is 5.32 Å². The molecule has 3 N–H and O–H groups in total. The first-order valence-electron chi connectivity index (χ1n) is 6.05. The summed E-state index contributed by atoms with van der Waals surface area (Å²) in [5.74, 6) is 0.261. The fraction of sp³-hybridized carbons (Fsp3) is 0.286. The third-order valence-corrected chi connectivity index (χ3v) is 2.49. The van der Waals surface area contributed by atoms with Crippen molar-refractivity contribution in [2.75, 3.05) is 11.9 Å². The van der Waals surface area contributed by atoms with Gasteiger partial charge in [-0.15, -0.1) is 12.3 Å². The van der Waals surface area contributed by atoms with Crippen molar-refractivity contribution in [3.8, 4) is 12.3 Å². The molecule has 0 aliphatic rings. The number of carbonyl (C=O) groups excluding carboxylic acids is 1. The standard InChI is InChI=1S/C14H15FN2O3/c1-2-3-4-5-8-16-14(20)17-10-6-7-12(15)11(9-10)13(18)19/h1,6-7,9H,3-5,8H2,(H,18,19)(H2,16,17,20). The fourth-order valence-electron chi connectivity index (χ4n) is 1.50. The lowest BCUT2D eigenvalue weighted by molar-refractivity contribution is 0.0692. The molecule has 0 bridgehead atoms. The van der Waals surface area contributed by atoms with Gasteiger partial charge in [-0.3, -0.25) is 0 Å². The summed E-state index contributed by atoms with van der Waals surface area (Å²) in [4.78, 5) is 22.3. The molecule has 0 saturated carbocycles. The second kappa shape index (κ2) is 7.79. The Bertz CT molecular complexity index is 538. The number of halogens is 1. The summed E-state index contributed by atoms with van der Waals surface area (Å²) >= 11 is 0. The molecule has 1 aromatic rings. The van der Waals surface area contributed by atoms with Crippen molar-refractivity contribution in [3.63, 3.8) is 0 Å². The van der Waals surface area contributed by atoms with Gasteiger partial charge >= 0.3 is 12.0 Å². The summed E-state index contributed by atoms with van der Waals surface area (Å²) in [6.45, 7) is 0.459. The second-order valence-electron chi connectivity index (χ2n) is 4.04. The van der Waals surface area contributed by atoms with Gasteiger partial charge in [-0.05, 0) is 31.0 Å². The average Bonchev–Trinajstić information content (AvgIpc) is 2.40. The molecular formula is C14H15FN2O3. The first kappa shape index (κ1) is 15.5. The van der Waals surface area contributed by atoms with Gasteiger partial charge in [-0.1, -0.05) is 0 Å². The van der Waals surface area contributed by atoms with Crippen molar-refractivity contribution in [2.45, 2.75) is 19.3 Å². The molecule has 0 aliphatic carbocycles. The van der Waals surface area contributed by atoms with Gasteiger partial charge in [0, 0.05) is 18.7 Å². The highest BCUT2D eigenvalue weighted by molar-refractivity contribution is 5.93. The number of urea groups is 1. The summed E-state index contributed by atoms with van der Waals surface area (Å²) in [6, 6.07) is 2.87. The molecule has 2 amide bonds. The maximum atomic E-state index is 13.2. The summed E-state index contributed by atoms with van der Waals surface area (Å²) < 4.78 is 13.2. The highest BCUT2D eigenvalue weighted by Crippen LogP contribution is 2.14. The first-order chi connectivity index (χ1) is 9.54. The van der Waals surface area contributed by atoms with Crippen LogP contribution in [0.2, 0.25) is 0 Å². The average molecular weight is 278 g/mol. The molecule has 0 fully saturated rings. The fourth-order valence-corrected chi connectivity index (χ4v) is 1.50. The number of unbranched alkanes of at least 4 members (excludes halogenated alkanes) is 2. The molecule has 0 aromatic heterocycles. The molecule has 1 aromatic carbocycles. The van der Waals surface area contributed by atoms with Crippen LogP contribution in [-0.2, 0) is 0 Å². The second-order valence-corrected chi connectivity index (χ2v) is 4.04. The number of anilines is 1. The Morgan fingerprint density at radius 1 is 1.35 bits per heavy atom. The van der Waals surface area contributed by atoms with Gasteiger partial charge < -0.3 is 15.7 Å². The molecule has 5 nitrogen and oxygen atoms in total.